The molecule has 9 heavy (non-hydrogen) atoms. The van der Waals surface area contributed by atoms with Crippen LogP contribution in [0.2, 0.25) is 6.55 Å². The number of nitrogens with zero attached hydrogens (tertiary/aromatic N) is 2. The van der Waals surface area contributed by atoms with Crippen LogP contribution in [0.3, 0.4) is 0 Å². The van der Waals surface area contributed by atoms with Gasteiger partial charge in [-0.3, -0.25) is 0 Å². The van der Waals surface area contributed by atoms with Gasteiger partial charge in [-0.15, -0.1) is 0 Å². The van der Waals surface area contributed by atoms with E-state index in [1.165, 1.54) is 5.45 Å². The molecule has 0 aromatic carbocycles. The summed E-state index contributed by atoms with van der Waals surface area (Å²) in [5.74, 6) is 0. The fourth-order valence-corrected chi connectivity index (χ4v) is 1.55. The van der Waals surface area contributed by atoms with E-state index in [-0.39, 0.29) is 0 Å². The Balaban J connectivity index is 3.01. The average molecular weight is 138 g/mol. The highest BCUT2D eigenvalue weighted by atomic mass is 28.2. The van der Waals surface area contributed by atoms with Crippen molar-refractivity contribution in [2.24, 2.45) is 7.05 Å². The third-order valence-electron chi connectivity index (χ3n) is 1.22. The topological polar surface area (TPSA) is 17.8 Å². The Morgan fingerprint density at radius 1 is 1.67 bits per heavy atom. The van der Waals surface area contributed by atoms with Gasteiger partial charge in [0.15, 0.2) is 0 Å². The third-order valence-corrected chi connectivity index (χ3v) is 2.13. The van der Waals surface area contributed by atoms with E-state index < -0.39 is 0 Å². The highest BCUT2D eigenvalue weighted by Gasteiger charge is 1.97. The zero-order chi connectivity index (χ0) is 6.85. The lowest BCUT2D eigenvalue weighted by atomic mass is 10.6. The quantitative estimate of drug-likeness (QED) is 0.503. The van der Waals surface area contributed by atoms with Crippen molar-refractivity contribution in [3.8, 4) is 0 Å². The summed E-state index contributed by atoms with van der Waals surface area (Å²) in [6.45, 7) is 4.16. The molecule has 0 fully saturated rings. The number of imidazole rings is 1. The van der Waals surface area contributed by atoms with Crippen molar-refractivity contribution in [1.29, 1.82) is 0 Å². The first-order chi connectivity index (χ1) is 4.24. The first-order valence-corrected chi connectivity index (χ1v) is 4.41. The highest BCUT2D eigenvalue weighted by molar-refractivity contribution is 6.49. The zero-order valence-electron chi connectivity index (χ0n) is 5.97. The van der Waals surface area contributed by atoms with Crippen LogP contribution in [0.1, 0.15) is 5.69 Å². The Hall–Kier alpha value is -0.573. The van der Waals surface area contributed by atoms with Gasteiger partial charge in [0.05, 0.1) is 11.1 Å². The van der Waals surface area contributed by atoms with Crippen LogP contribution in [-0.4, -0.2) is 19.1 Å². The number of aryl methyl sites for hydroxylation is 2. The van der Waals surface area contributed by atoms with Gasteiger partial charge in [0.2, 0.25) is 0 Å². The van der Waals surface area contributed by atoms with Gasteiger partial charge in [0, 0.05) is 13.2 Å². The molecule has 0 atom stereocenters. The second-order valence-electron chi connectivity index (χ2n) is 2.07. The molecule has 0 aliphatic rings. The third kappa shape index (κ3) is 1.21. The summed E-state index contributed by atoms with van der Waals surface area (Å²) >= 11 is 0. The second kappa shape index (κ2) is 2.35. The standard InChI is InChI=1S/C6H10N2Si/c1-5-4-8(2)6(7-5)9-3/h4H,1-3H3. The van der Waals surface area contributed by atoms with Gasteiger partial charge in [-0.25, -0.2) is 4.98 Å². The molecule has 2 nitrogen and oxygen atoms in total. The predicted octanol–water partition coefficient (Wildman–Crippen LogP) is 0.106. The maximum absolute atomic E-state index is 4.30. The van der Waals surface area contributed by atoms with Crippen molar-refractivity contribution in [1.82, 2.24) is 9.55 Å². The minimum Gasteiger partial charge on any atom is -0.342 e. The van der Waals surface area contributed by atoms with Gasteiger partial charge in [-0.2, -0.15) is 0 Å². The van der Waals surface area contributed by atoms with E-state index in [0.717, 1.165) is 15.2 Å². The molecule has 0 spiro atoms. The van der Waals surface area contributed by atoms with E-state index in [1.807, 2.05) is 20.2 Å². The van der Waals surface area contributed by atoms with Gasteiger partial charge in [-0.05, 0) is 6.92 Å². The first-order valence-electron chi connectivity index (χ1n) is 2.91. The van der Waals surface area contributed by atoms with Gasteiger partial charge in [0.1, 0.15) is 9.52 Å². The van der Waals surface area contributed by atoms with Crippen LogP contribution in [0.15, 0.2) is 6.20 Å². The number of rotatable bonds is 1. The summed E-state index contributed by atoms with van der Waals surface area (Å²) in [4.78, 5) is 4.30. The summed E-state index contributed by atoms with van der Waals surface area (Å²) in [7, 11) is 2.84. The van der Waals surface area contributed by atoms with E-state index in [9.17, 15) is 0 Å². The molecule has 1 aromatic heterocycles. The fourth-order valence-electron chi connectivity index (χ4n) is 0.848. The van der Waals surface area contributed by atoms with Crippen LogP contribution in [0.4, 0.5) is 0 Å². The van der Waals surface area contributed by atoms with Crippen LogP contribution in [-0.2, 0) is 7.05 Å². The lowest BCUT2D eigenvalue weighted by Crippen LogP contribution is -2.21. The Labute approximate surface area is 57.7 Å². The van der Waals surface area contributed by atoms with E-state index in [0.29, 0.717) is 0 Å². The van der Waals surface area contributed by atoms with E-state index >= 15 is 0 Å². The molecule has 0 aliphatic carbocycles. The van der Waals surface area contributed by atoms with Crippen molar-refractivity contribution in [3.05, 3.63) is 11.9 Å². The van der Waals surface area contributed by atoms with E-state index in [1.54, 1.807) is 0 Å². The van der Waals surface area contributed by atoms with Crippen molar-refractivity contribution in [3.63, 3.8) is 0 Å². The van der Waals surface area contributed by atoms with E-state index in [2.05, 4.69) is 16.1 Å². The van der Waals surface area contributed by atoms with Crippen molar-refractivity contribution in [2.45, 2.75) is 13.5 Å². The molecule has 2 radical (unpaired) electrons. The number of aromatic nitrogens is 2. The molecule has 0 N–H and O–H groups in total. The molecule has 1 aromatic rings. The number of hydrogen-bond acceptors (Lipinski definition) is 1. The van der Waals surface area contributed by atoms with Crippen LogP contribution in [0, 0.1) is 6.92 Å². The van der Waals surface area contributed by atoms with Gasteiger partial charge < -0.3 is 4.57 Å². The molecule has 0 saturated heterocycles. The summed E-state index contributed by atoms with van der Waals surface area (Å²) in [5, 5.41) is 0. The lowest BCUT2D eigenvalue weighted by molar-refractivity contribution is 0.948. The molecule has 48 valence electrons. The molecule has 0 amide bonds. The molecule has 0 unspecified atom stereocenters. The fraction of sp³-hybridized carbons (Fsp3) is 0.500. The Morgan fingerprint density at radius 2 is 2.33 bits per heavy atom. The smallest absolute Gasteiger partial charge is 0.129 e. The van der Waals surface area contributed by atoms with E-state index in [4.69, 9.17) is 0 Å². The highest BCUT2D eigenvalue weighted by Crippen LogP contribution is 1.86. The monoisotopic (exact) mass is 138 g/mol. The molecule has 0 bridgehead atoms. The molecule has 0 saturated carbocycles. The van der Waals surface area contributed by atoms with Crippen LogP contribution < -0.4 is 5.45 Å². The van der Waals surface area contributed by atoms with Crippen molar-refractivity contribution in [2.75, 3.05) is 0 Å². The molecule has 3 heteroatoms. The predicted molar refractivity (Wildman–Crippen MR) is 39.2 cm³/mol. The maximum atomic E-state index is 4.30. The average Bonchev–Trinajstić information content (AvgIpc) is 2.10. The molecule has 1 heterocycles. The summed E-state index contributed by atoms with van der Waals surface area (Å²) in [5.41, 5.74) is 2.30. The van der Waals surface area contributed by atoms with Crippen molar-refractivity contribution >= 4 is 15.0 Å². The summed E-state index contributed by atoms with van der Waals surface area (Å²) in [6, 6.07) is 0. The summed E-state index contributed by atoms with van der Waals surface area (Å²) < 4.78 is 2.08. The van der Waals surface area contributed by atoms with Crippen LogP contribution in [0.25, 0.3) is 0 Å². The Kier molecular flexibility index (Phi) is 1.71. The Bertz CT molecular complexity index is 205. The van der Waals surface area contributed by atoms with Gasteiger partial charge >= 0.3 is 0 Å². The Morgan fingerprint density at radius 3 is 2.56 bits per heavy atom. The molecular weight excluding hydrogens is 128 g/mol. The zero-order valence-corrected chi connectivity index (χ0v) is 6.97. The van der Waals surface area contributed by atoms with Crippen LogP contribution >= 0.6 is 0 Å². The molecule has 1 rings (SSSR count). The van der Waals surface area contributed by atoms with Gasteiger partial charge in [0.25, 0.3) is 0 Å². The minimum absolute atomic E-state index is 0.802. The first kappa shape index (κ1) is 6.55. The molecule has 0 aliphatic heterocycles. The lowest BCUT2D eigenvalue weighted by Gasteiger charge is -1.92. The normalized spacial score (nSPS) is 10.1. The molecular formula is C6H10N2Si. The SMILES string of the molecule is C[Si]c1nc(C)cn1C. The number of hydrogen-bond donors (Lipinski definition) is 0. The second-order valence-corrected chi connectivity index (χ2v) is 3.01. The van der Waals surface area contributed by atoms with Gasteiger partial charge in [-0.1, -0.05) is 6.55 Å². The maximum Gasteiger partial charge on any atom is 0.129 e. The van der Waals surface area contributed by atoms with Crippen LogP contribution in [0.5, 0.6) is 0 Å². The van der Waals surface area contributed by atoms with Crippen molar-refractivity contribution < 1.29 is 0 Å². The minimum atomic E-state index is 0.802. The summed E-state index contributed by atoms with van der Waals surface area (Å²) in [6.07, 6.45) is 2.05. The largest absolute Gasteiger partial charge is 0.342 e.